The molecule has 160 valence electrons. The molecule has 0 radical (unpaired) electrons. The Balaban J connectivity index is 1.43. The van der Waals surface area contributed by atoms with Crippen LogP contribution in [0, 0.1) is 0 Å². The van der Waals surface area contributed by atoms with Crippen molar-refractivity contribution in [3.63, 3.8) is 0 Å². The van der Waals surface area contributed by atoms with Crippen LogP contribution in [0.1, 0.15) is 31.2 Å². The maximum atomic E-state index is 12.9. The predicted molar refractivity (Wildman–Crippen MR) is 107 cm³/mol. The second kappa shape index (κ2) is 9.37. The zero-order chi connectivity index (χ0) is 20.9. The summed E-state index contributed by atoms with van der Waals surface area (Å²) in [5.41, 5.74) is -0.0373. The van der Waals surface area contributed by atoms with E-state index in [1.54, 1.807) is 13.1 Å². The molecule has 1 aliphatic heterocycles. The molecule has 2 fully saturated rings. The number of halogens is 3. The molecule has 9 heteroatoms. The molecule has 1 aromatic carbocycles. The van der Waals surface area contributed by atoms with E-state index in [4.69, 9.17) is 0 Å². The average Bonchev–Trinajstić information content (AvgIpc) is 3.52. The number of hydrogen-bond acceptors (Lipinski definition) is 3. The van der Waals surface area contributed by atoms with E-state index in [-0.39, 0.29) is 5.91 Å². The van der Waals surface area contributed by atoms with E-state index in [0.717, 1.165) is 31.3 Å². The highest BCUT2D eigenvalue weighted by Crippen LogP contribution is 2.31. The van der Waals surface area contributed by atoms with Crippen molar-refractivity contribution in [3.05, 3.63) is 29.8 Å². The first kappa shape index (κ1) is 21.3. The van der Waals surface area contributed by atoms with Crippen LogP contribution in [0.5, 0.6) is 0 Å². The van der Waals surface area contributed by atoms with E-state index in [1.165, 1.54) is 12.1 Å². The van der Waals surface area contributed by atoms with Gasteiger partial charge in [-0.3, -0.25) is 9.79 Å². The fourth-order valence-electron chi connectivity index (χ4n) is 3.36. The molecule has 1 aromatic rings. The second-order valence-corrected chi connectivity index (χ2v) is 7.44. The van der Waals surface area contributed by atoms with E-state index in [2.05, 4.69) is 20.5 Å². The summed E-state index contributed by atoms with van der Waals surface area (Å²) < 4.78 is 38.8. The molecule has 0 aromatic heterocycles. The Morgan fingerprint density at radius 1 is 1.21 bits per heavy atom. The van der Waals surface area contributed by atoms with E-state index in [9.17, 15) is 18.0 Å². The number of carbonyl (C=O) groups excluding carboxylic acids is 1. The van der Waals surface area contributed by atoms with Gasteiger partial charge in [-0.1, -0.05) is 6.07 Å². The first-order chi connectivity index (χ1) is 13.9. The Morgan fingerprint density at radius 2 is 1.93 bits per heavy atom. The molecule has 0 atom stereocenters. The summed E-state index contributed by atoms with van der Waals surface area (Å²) in [5.74, 6) is 0.857. The van der Waals surface area contributed by atoms with Crippen LogP contribution in [0.2, 0.25) is 0 Å². The standard InChI is InChI=1S/C20H28F3N5O/c1-24-19(25-9-3-6-18(29)26-16-7-8-16)28-12-10-27(11-13-28)17-5-2-4-15(14-17)20(21,22)23/h2,4-5,14,16H,3,6-13H2,1H3,(H,24,25)(H,26,29). The summed E-state index contributed by atoms with van der Waals surface area (Å²) in [6, 6.07) is 5.84. The van der Waals surface area contributed by atoms with Gasteiger partial charge in [0.15, 0.2) is 5.96 Å². The average molecular weight is 411 g/mol. The van der Waals surface area contributed by atoms with Crippen molar-refractivity contribution >= 4 is 17.6 Å². The zero-order valence-electron chi connectivity index (χ0n) is 16.6. The van der Waals surface area contributed by atoms with Crippen LogP contribution in [0.3, 0.4) is 0 Å². The minimum atomic E-state index is -4.33. The van der Waals surface area contributed by atoms with Crippen molar-refractivity contribution in [1.82, 2.24) is 15.5 Å². The summed E-state index contributed by atoms with van der Waals surface area (Å²) in [7, 11) is 1.71. The summed E-state index contributed by atoms with van der Waals surface area (Å²) in [6.07, 6.45) is -0.947. The summed E-state index contributed by atoms with van der Waals surface area (Å²) in [6.45, 7) is 3.21. The summed E-state index contributed by atoms with van der Waals surface area (Å²) >= 11 is 0. The Labute approximate surface area is 169 Å². The van der Waals surface area contributed by atoms with Crippen LogP contribution in [-0.2, 0) is 11.0 Å². The number of rotatable bonds is 6. The van der Waals surface area contributed by atoms with Gasteiger partial charge in [0.1, 0.15) is 0 Å². The third-order valence-electron chi connectivity index (χ3n) is 5.14. The number of piperazine rings is 1. The fraction of sp³-hybridized carbons (Fsp3) is 0.600. The third kappa shape index (κ3) is 6.27. The van der Waals surface area contributed by atoms with Crippen molar-refractivity contribution in [2.75, 3.05) is 44.7 Å². The lowest BCUT2D eigenvalue weighted by Gasteiger charge is -2.37. The maximum Gasteiger partial charge on any atom is 0.416 e. The van der Waals surface area contributed by atoms with Gasteiger partial charge in [0.2, 0.25) is 5.91 Å². The van der Waals surface area contributed by atoms with Crippen molar-refractivity contribution in [2.24, 2.45) is 4.99 Å². The molecule has 2 N–H and O–H groups in total. The quantitative estimate of drug-likeness (QED) is 0.429. The molecule has 29 heavy (non-hydrogen) atoms. The normalized spacial score (nSPS) is 18.0. The van der Waals surface area contributed by atoms with E-state index < -0.39 is 11.7 Å². The number of amides is 1. The molecular formula is C20H28F3N5O. The van der Waals surface area contributed by atoms with E-state index in [0.29, 0.717) is 50.9 Å². The van der Waals surface area contributed by atoms with Gasteiger partial charge in [-0.05, 0) is 37.5 Å². The van der Waals surface area contributed by atoms with Crippen LogP contribution >= 0.6 is 0 Å². The van der Waals surface area contributed by atoms with Gasteiger partial charge in [-0.25, -0.2) is 0 Å². The topological polar surface area (TPSA) is 60.0 Å². The smallest absolute Gasteiger partial charge is 0.368 e. The Bertz CT molecular complexity index is 725. The largest absolute Gasteiger partial charge is 0.416 e. The molecule has 1 saturated heterocycles. The van der Waals surface area contributed by atoms with Gasteiger partial charge in [-0.2, -0.15) is 13.2 Å². The molecular weight excluding hydrogens is 383 g/mol. The first-order valence-corrected chi connectivity index (χ1v) is 10.0. The first-order valence-electron chi connectivity index (χ1n) is 10.0. The predicted octanol–water partition coefficient (Wildman–Crippen LogP) is 2.46. The number of anilines is 1. The third-order valence-corrected chi connectivity index (χ3v) is 5.14. The van der Waals surface area contributed by atoms with Gasteiger partial charge in [-0.15, -0.1) is 0 Å². The van der Waals surface area contributed by atoms with Gasteiger partial charge >= 0.3 is 6.18 Å². The van der Waals surface area contributed by atoms with Gasteiger partial charge < -0.3 is 20.4 Å². The number of benzene rings is 1. The molecule has 1 saturated carbocycles. The van der Waals surface area contributed by atoms with Gasteiger partial charge in [0.25, 0.3) is 0 Å². The molecule has 0 bridgehead atoms. The van der Waals surface area contributed by atoms with Crippen molar-refractivity contribution in [1.29, 1.82) is 0 Å². The molecule has 2 aliphatic rings. The highest BCUT2D eigenvalue weighted by atomic mass is 19.4. The Kier molecular flexibility index (Phi) is 6.87. The molecule has 1 heterocycles. The van der Waals surface area contributed by atoms with Gasteiger partial charge in [0.05, 0.1) is 5.56 Å². The maximum absolute atomic E-state index is 12.9. The number of alkyl halides is 3. The highest BCUT2D eigenvalue weighted by Gasteiger charge is 2.31. The molecule has 1 amide bonds. The Hall–Kier alpha value is -2.45. The van der Waals surface area contributed by atoms with Crippen molar-refractivity contribution in [2.45, 2.75) is 37.9 Å². The van der Waals surface area contributed by atoms with Crippen LogP contribution < -0.4 is 15.5 Å². The Morgan fingerprint density at radius 3 is 2.55 bits per heavy atom. The lowest BCUT2D eigenvalue weighted by molar-refractivity contribution is -0.137. The second-order valence-electron chi connectivity index (χ2n) is 7.44. The van der Waals surface area contributed by atoms with Crippen LogP contribution in [0.15, 0.2) is 29.3 Å². The monoisotopic (exact) mass is 411 g/mol. The minimum Gasteiger partial charge on any atom is -0.368 e. The van der Waals surface area contributed by atoms with Crippen molar-refractivity contribution in [3.8, 4) is 0 Å². The molecule has 0 unspecified atom stereocenters. The summed E-state index contributed by atoms with van der Waals surface area (Å²) in [4.78, 5) is 20.1. The van der Waals surface area contributed by atoms with Crippen LogP contribution in [0.25, 0.3) is 0 Å². The van der Waals surface area contributed by atoms with Crippen LogP contribution in [0.4, 0.5) is 18.9 Å². The molecule has 6 nitrogen and oxygen atoms in total. The van der Waals surface area contributed by atoms with Crippen LogP contribution in [-0.4, -0.2) is 62.6 Å². The number of guanidine groups is 1. The number of aliphatic imine (C=N–C) groups is 1. The number of nitrogens with zero attached hydrogens (tertiary/aromatic N) is 3. The number of nitrogens with one attached hydrogen (secondary N) is 2. The summed E-state index contributed by atoms with van der Waals surface area (Å²) in [5, 5.41) is 6.25. The lowest BCUT2D eigenvalue weighted by Crippen LogP contribution is -2.52. The number of carbonyl (C=O) groups is 1. The van der Waals surface area contributed by atoms with E-state index in [1.807, 2.05) is 4.90 Å². The fourth-order valence-corrected chi connectivity index (χ4v) is 3.36. The minimum absolute atomic E-state index is 0.0963. The SMILES string of the molecule is CN=C(NCCCC(=O)NC1CC1)N1CCN(c2cccc(C(F)(F)F)c2)CC1. The lowest BCUT2D eigenvalue weighted by atomic mass is 10.1. The van der Waals surface area contributed by atoms with Gasteiger partial charge in [0, 0.05) is 57.9 Å². The molecule has 1 aliphatic carbocycles. The van der Waals surface area contributed by atoms with E-state index >= 15 is 0 Å². The number of hydrogen-bond donors (Lipinski definition) is 2. The van der Waals surface area contributed by atoms with Crippen molar-refractivity contribution < 1.29 is 18.0 Å². The zero-order valence-corrected chi connectivity index (χ0v) is 16.6. The molecule has 0 spiro atoms. The highest BCUT2D eigenvalue weighted by molar-refractivity contribution is 5.80. The molecule has 3 rings (SSSR count).